The van der Waals surface area contributed by atoms with E-state index in [0.29, 0.717) is 0 Å². The number of aryl methyl sites for hydroxylation is 1. The summed E-state index contributed by atoms with van der Waals surface area (Å²) in [6.07, 6.45) is 5.55. The van der Waals surface area contributed by atoms with Gasteiger partial charge in [0.15, 0.2) is 0 Å². The van der Waals surface area contributed by atoms with E-state index in [-0.39, 0.29) is 0 Å². The number of methoxy groups -OCH3 is 1. The minimum Gasteiger partial charge on any atom is -0.497 e. The first-order chi connectivity index (χ1) is 9.80. The number of anilines is 2. The highest BCUT2D eigenvalue weighted by atomic mass is 16.5. The van der Waals surface area contributed by atoms with E-state index in [1.165, 1.54) is 0 Å². The molecule has 0 saturated heterocycles. The Kier molecular flexibility index (Phi) is 3.25. The molecule has 5 nitrogen and oxygen atoms in total. The number of hydrogen-bond acceptors (Lipinski definition) is 4. The van der Waals surface area contributed by atoms with Crippen LogP contribution in [0.2, 0.25) is 0 Å². The summed E-state index contributed by atoms with van der Waals surface area (Å²) in [4.78, 5) is 4.40. The normalized spacial score (nSPS) is 10.7. The summed E-state index contributed by atoms with van der Waals surface area (Å²) in [6, 6.07) is 7.91. The van der Waals surface area contributed by atoms with Gasteiger partial charge in [-0.15, -0.1) is 0 Å². The van der Waals surface area contributed by atoms with Crippen LogP contribution >= 0.6 is 0 Å². The number of nitrogens with one attached hydrogen (secondary N) is 1. The number of fused-ring (bicyclic) bond motifs is 1. The first-order valence-electron chi connectivity index (χ1n) is 6.52. The molecule has 102 valence electrons. The van der Waals surface area contributed by atoms with Crippen LogP contribution in [0.3, 0.4) is 0 Å². The van der Waals surface area contributed by atoms with Gasteiger partial charge in [-0.05, 0) is 36.6 Å². The van der Waals surface area contributed by atoms with Gasteiger partial charge in [-0.2, -0.15) is 5.10 Å². The van der Waals surface area contributed by atoms with Crippen LogP contribution in [0.1, 0.15) is 6.92 Å². The second kappa shape index (κ2) is 5.21. The highest BCUT2D eigenvalue weighted by Gasteiger charge is 2.05. The summed E-state index contributed by atoms with van der Waals surface area (Å²) in [6.45, 7) is 2.90. The number of nitrogens with zero attached hydrogens (tertiary/aromatic N) is 3. The third-order valence-corrected chi connectivity index (χ3v) is 3.19. The molecule has 0 aliphatic carbocycles. The standard InChI is InChI=1S/C15H16N4O/c1-3-19-10-12(9-17-19)18-15-14-5-4-13(20-2)8-11(14)6-7-16-15/h4-10H,3H2,1-2H3,(H,16,18). The second-order valence-electron chi connectivity index (χ2n) is 4.46. The molecular formula is C15H16N4O. The highest BCUT2D eigenvalue weighted by molar-refractivity contribution is 5.93. The molecule has 0 saturated carbocycles. The van der Waals surface area contributed by atoms with Crippen LogP contribution in [0.25, 0.3) is 10.8 Å². The first kappa shape index (κ1) is 12.5. The van der Waals surface area contributed by atoms with E-state index >= 15 is 0 Å². The van der Waals surface area contributed by atoms with Crippen molar-refractivity contribution in [2.75, 3.05) is 12.4 Å². The Morgan fingerprint density at radius 1 is 1.30 bits per heavy atom. The molecule has 0 unspecified atom stereocenters. The lowest BCUT2D eigenvalue weighted by Crippen LogP contribution is -1.95. The summed E-state index contributed by atoms with van der Waals surface area (Å²) in [5, 5.41) is 9.69. The molecule has 1 N–H and O–H groups in total. The van der Waals surface area contributed by atoms with Gasteiger partial charge in [0.1, 0.15) is 11.6 Å². The zero-order chi connectivity index (χ0) is 13.9. The highest BCUT2D eigenvalue weighted by Crippen LogP contribution is 2.27. The van der Waals surface area contributed by atoms with Crippen molar-refractivity contribution >= 4 is 22.3 Å². The molecule has 0 atom stereocenters. The third-order valence-electron chi connectivity index (χ3n) is 3.19. The van der Waals surface area contributed by atoms with Crippen molar-refractivity contribution in [3.05, 3.63) is 42.9 Å². The molecule has 0 aliphatic heterocycles. The summed E-state index contributed by atoms with van der Waals surface area (Å²) in [5.74, 6) is 1.66. The van der Waals surface area contributed by atoms with Gasteiger partial charge in [0.25, 0.3) is 0 Å². The van der Waals surface area contributed by atoms with Crippen molar-refractivity contribution in [1.29, 1.82) is 0 Å². The van der Waals surface area contributed by atoms with Crippen molar-refractivity contribution in [3.8, 4) is 5.75 Å². The molecule has 0 bridgehead atoms. The van der Waals surface area contributed by atoms with Crippen molar-refractivity contribution in [2.45, 2.75) is 13.5 Å². The fraction of sp³-hybridized carbons (Fsp3) is 0.200. The van der Waals surface area contributed by atoms with Gasteiger partial charge >= 0.3 is 0 Å². The predicted octanol–water partition coefficient (Wildman–Crippen LogP) is 3.20. The summed E-state index contributed by atoms with van der Waals surface area (Å²) >= 11 is 0. The number of rotatable bonds is 4. The molecule has 20 heavy (non-hydrogen) atoms. The fourth-order valence-corrected chi connectivity index (χ4v) is 2.12. The lowest BCUT2D eigenvalue weighted by atomic mass is 10.1. The molecule has 2 aromatic heterocycles. The Morgan fingerprint density at radius 2 is 2.20 bits per heavy atom. The van der Waals surface area contributed by atoms with Gasteiger partial charge in [0, 0.05) is 24.3 Å². The van der Waals surface area contributed by atoms with Gasteiger partial charge < -0.3 is 10.1 Å². The van der Waals surface area contributed by atoms with E-state index in [1.807, 2.05) is 35.1 Å². The Balaban J connectivity index is 1.98. The largest absolute Gasteiger partial charge is 0.497 e. The minimum atomic E-state index is 0.820. The monoisotopic (exact) mass is 268 g/mol. The summed E-state index contributed by atoms with van der Waals surface area (Å²) < 4.78 is 7.12. The molecule has 5 heteroatoms. The molecule has 3 aromatic rings. The quantitative estimate of drug-likeness (QED) is 0.789. The maximum atomic E-state index is 5.24. The Labute approximate surface area is 117 Å². The van der Waals surface area contributed by atoms with Gasteiger partial charge in [-0.1, -0.05) is 0 Å². The molecule has 3 rings (SSSR count). The van der Waals surface area contributed by atoms with Crippen molar-refractivity contribution < 1.29 is 4.74 Å². The van der Waals surface area contributed by atoms with Crippen molar-refractivity contribution in [3.63, 3.8) is 0 Å². The Morgan fingerprint density at radius 3 is 2.95 bits per heavy atom. The number of pyridine rings is 1. The number of hydrogen-bond donors (Lipinski definition) is 1. The van der Waals surface area contributed by atoms with Gasteiger partial charge in [-0.25, -0.2) is 4.98 Å². The van der Waals surface area contributed by atoms with Crippen molar-refractivity contribution in [2.24, 2.45) is 0 Å². The lowest BCUT2D eigenvalue weighted by Gasteiger charge is -2.08. The first-order valence-corrected chi connectivity index (χ1v) is 6.52. The molecule has 0 aliphatic rings. The molecule has 1 aromatic carbocycles. The van der Waals surface area contributed by atoms with Crippen LogP contribution in [0, 0.1) is 0 Å². The maximum Gasteiger partial charge on any atom is 0.138 e. The zero-order valence-corrected chi connectivity index (χ0v) is 11.5. The van der Waals surface area contributed by atoms with Crippen LogP contribution in [-0.2, 0) is 6.54 Å². The average molecular weight is 268 g/mol. The number of ether oxygens (including phenoxy) is 1. The van der Waals surface area contributed by atoms with E-state index < -0.39 is 0 Å². The van der Waals surface area contributed by atoms with E-state index in [0.717, 1.165) is 34.6 Å². The molecule has 0 fully saturated rings. The van der Waals surface area contributed by atoms with Gasteiger partial charge in [0.05, 0.1) is 19.0 Å². The molecule has 2 heterocycles. The van der Waals surface area contributed by atoms with E-state index in [1.54, 1.807) is 19.5 Å². The predicted molar refractivity (Wildman–Crippen MR) is 79.5 cm³/mol. The topological polar surface area (TPSA) is 52.0 Å². The van der Waals surface area contributed by atoms with E-state index in [2.05, 4.69) is 22.3 Å². The number of benzene rings is 1. The average Bonchev–Trinajstić information content (AvgIpc) is 2.94. The van der Waals surface area contributed by atoms with Crippen LogP contribution < -0.4 is 10.1 Å². The third kappa shape index (κ3) is 2.30. The van der Waals surface area contributed by atoms with E-state index in [4.69, 9.17) is 4.74 Å². The smallest absolute Gasteiger partial charge is 0.138 e. The summed E-state index contributed by atoms with van der Waals surface area (Å²) in [5.41, 5.74) is 0.933. The van der Waals surface area contributed by atoms with Crippen LogP contribution in [0.5, 0.6) is 5.75 Å². The van der Waals surface area contributed by atoms with Crippen molar-refractivity contribution in [1.82, 2.24) is 14.8 Å². The number of aromatic nitrogens is 3. The Bertz CT molecular complexity index is 736. The van der Waals surface area contributed by atoms with E-state index in [9.17, 15) is 0 Å². The zero-order valence-electron chi connectivity index (χ0n) is 11.5. The minimum absolute atomic E-state index is 0.820. The fourth-order valence-electron chi connectivity index (χ4n) is 2.12. The maximum absolute atomic E-state index is 5.24. The van der Waals surface area contributed by atoms with Crippen LogP contribution in [0.4, 0.5) is 11.5 Å². The molecule has 0 spiro atoms. The summed E-state index contributed by atoms with van der Waals surface area (Å²) in [7, 11) is 1.67. The van der Waals surface area contributed by atoms with Gasteiger partial charge in [-0.3, -0.25) is 4.68 Å². The molecular weight excluding hydrogens is 252 g/mol. The Hall–Kier alpha value is -2.56. The second-order valence-corrected chi connectivity index (χ2v) is 4.46. The van der Waals surface area contributed by atoms with Gasteiger partial charge in [0.2, 0.25) is 0 Å². The SMILES string of the molecule is CCn1cc(Nc2nccc3cc(OC)ccc23)cn1. The van der Waals surface area contributed by atoms with Crippen LogP contribution in [0.15, 0.2) is 42.9 Å². The molecule has 0 amide bonds. The van der Waals surface area contributed by atoms with Crippen LogP contribution in [-0.4, -0.2) is 21.9 Å². The lowest BCUT2D eigenvalue weighted by molar-refractivity contribution is 0.415. The molecule has 0 radical (unpaired) electrons.